The van der Waals surface area contributed by atoms with Crippen LogP contribution in [0.3, 0.4) is 0 Å². The Bertz CT molecular complexity index is 586. The van der Waals surface area contributed by atoms with Gasteiger partial charge in [0, 0.05) is 22.6 Å². The standard InChI is InChI=1S/C16H17Cl2NO/c1-11(12-4-3-5-15(8-12)20-2)19-10-13-6-7-14(17)9-16(13)18/h3-9,11,19H,10H2,1-2H3/t11-/m0/s1. The zero-order valence-electron chi connectivity index (χ0n) is 11.5. The molecule has 0 radical (unpaired) electrons. The van der Waals surface area contributed by atoms with E-state index in [1.54, 1.807) is 13.2 Å². The summed E-state index contributed by atoms with van der Waals surface area (Å²) in [5.74, 6) is 0.862. The third-order valence-electron chi connectivity index (χ3n) is 3.21. The van der Waals surface area contributed by atoms with Gasteiger partial charge in [0.1, 0.15) is 5.75 Å². The highest BCUT2D eigenvalue weighted by Gasteiger charge is 2.07. The fraction of sp³-hybridized carbons (Fsp3) is 0.250. The van der Waals surface area contributed by atoms with Crippen LogP contribution in [-0.2, 0) is 6.54 Å². The molecule has 0 bridgehead atoms. The fourth-order valence-corrected chi connectivity index (χ4v) is 2.43. The van der Waals surface area contributed by atoms with Crippen LogP contribution in [0.1, 0.15) is 24.1 Å². The predicted octanol–water partition coefficient (Wildman–Crippen LogP) is 4.85. The number of hydrogen-bond donors (Lipinski definition) is 1. The maximum absolute atomic E-state index is 6.16. The molecule has 2 aromatic carbocycles. The minimum absolute atomic E-state index is 0.205. The van der Waals surface area contributed by atoms with Crippen LogP contribution in [-0.4, -0.2) is 7.11 Å². The highest BCUT2D eigenvalue weighted by molar-refractivity contribution is 6.35. The van der Waals surface area contributed by atoms with Gasteiger partial charge < -0.3 is 10.1 Å². The Balaban J connectivity index is 2.02. The second-order valence-electron chi connectivity index (χ2n) is 4.61. The molecule has 2 rings (SSSR count). The molecule has 0 aliphatic heterocycles. The Labute approximate surface area is 129 Å². The smallest absolute Gasteiger partial charge is 0.119 e. The summed E-state index contributed by atoms with van der Waals surface area (Å²) in [5, 5.41) is 4.78. The third-order valence-corrected chi connectivity index (χ3v) is 3.79. The van der Waals surface area contributed by atoms with Crippen molar-refractivity contribution in [2.45, 2.75) is 19.5 Å². The number of ether oxygens (including phenoxy) is 1. The number of halogens is 2. The average Bonchev–Trinajstić information content (AvgIpc) is 2.46. The zero-order chi connectivity index (χ0) is 14.5. The molecule has 1 atom stereocenters. The van der Waals surface area contributed by atoms with E-state index >= 15 is 0 Å². The summed E-state index contributed by atoms with van der Waals surface area (Å²) in [4.78, 5) is 0. The molecular formula is C16H17Cl2NO. The lowest BCUT2D eigenvalue weighted by Gasteiger charge is -2.16. The van der Waals surface area contributed by atoms with Gasteiger partial charge in [-0.05, 0) is 42.3 Å². The van der Waals surface area contributed by atoms with Gasteiger partial charge in [-0.1, -0.05) is 41.4 Å². The molecule has 0 aliphatic carbocycles. The van der Waals surface area contributed by atoms with Gasteiger partial charge in [-0.25, -0.2) is 0 Å². The quantitative estimate of drug-likeness (QED) is 0.852. The minimum Gasteiger partial charge on any atom is -0.497 e. The highest BCUT2D eigenvalue weighted by atomic mass is 35.5. The number of nitrogens with one attached hydrogen (secondary N) is 1. The van der Waals surface area contributed by atoms with E-state index in [4.69, 9.17) is 27.9 Å². The van der Waals surface area contributed by atoms with Crippen molar-refractivity contribution >= 4 is 23.2 Å². The molecule has 4 heteroatoms. The molecule has 1 N–H and O–H groups in total. The number of methoxy groups -OCH3 is 1. The molecule has 2 nitrogen and oxygen atoms in total. The van der Waals surface area contributed by atoms with Crippen molar-refractivity contribution < 1.29 is 4.74 Å². The Morgan fingerprint density at radius 2 is 1.95 bits per heavy atom. The lowest BCUT2D eigenvalue weighted by atomic mass is 10.1. The largest absolute Gasteiger partial charge is 0.497 e. The van der Waals surface area contributed by atoms with Gasteiger partial charge in [0.2, 0.25) is 0 Å². The van der Waals surface area contributed by atoms with Crippen LogP contribution >= 0.6 is 23.2 Å². The van der Waals surface area contributed by atoms with Crippen molar-refractivity contribution in [1.82, 2.24) is 5.32 Å². The number of rotatable bonds is 5. The van der Waals surface area contributed by atoms with E-state index in [1.807, 2.05) is 30.3 Å². The molecule has 106 valence electrons. The summed E-state index contributed by atoms with van der Waals surface area (Å²) in [7, 11) is 1.67. The molecule has 0 unspecified atom stereocenters. The molecular weight excluding hydrogens is 293 g/mol. The van der Waals surface area contributed by atoms with E-state index in [-0.39, 0.29) is 6.04 Å². The van der Waals surface area contributed by atoms with Crippen molar-refractivity contribution in [3.8, 4) is 5.75 Å². The Hall–Kier alpha value is -1.22. The van der Waals surface area contributed by atoms with E-state index in [2.05, 4.69) is 18.3 Å². The molecule has 0 aromatic heterocycles. The van der Waals surface area contributed by atoms with E-state index < -0.39 is 0 Å². The van der Waals surface area contributed by atoms with Crippen molar-refractivity contribution in [3.63, 3.8) is 0 Å². The van der Waals surface area contributed by atoms with Crippen LogP contribution in [0.2, 0.25) is 10.0 Å². The van der Waals surface area contributed by atoms with Gasteiger partial charge in [0.05, 0.1) is 7.11 Å². The maximum atomic E-state index is 6.16. The lowest BCUT2D eigenvalue weighted by molar-refractivity contribution is 0.413. The van der Waals surface area contributed by atoms with E-state index in [9.17, 15) is 0 Å². The van der Waals surface area contributed by atoms with Crippen molar-refractivity contribution in [1.29, 1.82) is 0 Å². The average molecular weight is 310 g/mol. The summed E-state index contributed by atoms with van der Waals surface area (Å²) >= 11 is 12.1. The number of benzene rings is 2. The first-order chi connectivity index (χ1) is 9.60. The molecule has 0 heterocycles. The molecule has 0 fully saturated rings. The van der Waals surface area contributed by atoms with Crippen LogP contribution in [0, 0.1) is 0 Å². The van der Waals surface area contributed by atoms with Crippen molar-refractivity contribution in [3.05, 3.63) is 63.6 Å². The monoisotopic (exact) mass is 309 g/mol. The third kappa shape index (κ3) is 3.89. The molecule has 0 spiro atoms. The van der Waals surface area contributed by atoms with E-state index in [0.29, 0.717) is 16.6 Å². The molecule has 0 saturated heterocycles. The second-order valence-corrected chi connectivity index (χ2v) is 5.46. The van der Waals surface area contributed by atoms with Gasteiger partial charge in [-0.3, -0.25) is 0 Å². The number of hydrogen-bond acceptors (Lipinski definition) is 2. The van der Waals surface area contributed by atoms with Gasteiger partial charge >= 0.3 is 0 Å². The van der Waals surface area contributed by atoms with E-state index in [1.165, 1.54) is 5.56 Å². The minimum atomic E-state index is 0.205. The molecule has 0 saturated carbocycles. The Morgan fingerprint density at radius 1 is 1.15 bits per heavy atom. The summed E-state index contributed by atoms with van der Waals surface area (Å²) in [6, 6.07) is 13.8. The van der Waals surface area contributed by atoms with Crippen molar-refractivity contribution in [2.24, 2.45) is 0 Å². The topological polar surface area (TPSA) is 21.3 Å². The van der Waals surface area contributed by atoms with Crippen LogP contribution in [0.25, 0.3) is 0 Å². The summed E-state index contributed by atoms with van der Waals surface area (Å²) in [5.41, 5.74) is 2.21. The second kappa shape index (κ2) is 6.98. The normalized spacial score (nSPS) is 12.2. The SMILES string of the molecule is COc1cccc([C@H](C)NCc2ccc(Cl)cc2Cl)c1. The Morgan fingerprint density at radius 3 is 2.65 bits per heavy atom. The van der Waals surface area contributed by atoms with E-state index in [0.717, 1.165) is 11.3 Å². The molecule has 20 heavy (non-hydrogen) atoms. The van der Waals surface area contributed by atoms with Gasteiger partial charge in [-0.15, -0.1) is 0 Å². The summed E-state index contributed by atoms with van der Waals surface area (Å²) < 4.78 is 5.24. The predicted molar refractivity (Wildman–Crippen MR) is 84.7 cm³/mol. The van der Waals surface area contributed by atoms with Crippen LogP contribution in [0.5, 0.6) is 5.75 Å². The van der Waals surface area contributed by atoms with Gasteiger partial charge in [0.25, 0.3) is 0 Å². The summed E-state index contributed by atoms with van der Waals surface area (Å²) in [6.07, 6.45) is 0. The van der Waals surface area contributed by atoms with Gasteiger partial charge in [0.15, 0.2) is 0 Å². The maximum Gasteiger partial charge on any atom is 0.119 e. The zero-order valence-corrected chi connectivity index (χ0v) is 13.0. The van der Waals surface area contributed by atoms with Crippen LogP contribution < -0.4 is 10.1 Å². The fourth-order valence-electron chi connectivity index (χ4n) is 1.96. The molecule has 2 aromatic rings. The first kappa shape index (κ1) is 15.2. The summed E-state index contributed by atoms with van der Waals surface area (Å²) in [6.45, 7) is 2.80. The van der Waals surface area contributed by atoms with Crippen molar-refractivity contribution in [2.75, 3.05) is 7.11 Å². The molecule has 0 amide bonds. The Kier molecular flexibility index (Phi) is 5.30. The first-order valence-electron chi connectivity index (χ1n) is 6.41. The van der Waals surface area contributed by atoms with Crippen LogP contribution in [0.15, 0.2) is 42.5 Å². The first-order valence-corrected chi connectivity index (χ1v) is 7.17. The highest BCUT2D eigenvalue weighted by Crippen LogP contribution is 2.23. The van der Waals surface area contributed by atoms with Crippen LogP contribution in [0.4, 0.5) is 0 Å². The lowest BCUT2D eigenvalue weighted by Crippen LogP contribution is -2.18. The van der Waals surface area contributed by atoms with Gasteiger partial charge in [-0.2, -0.15) is 0 Å². The molecule has 0 aliphatic rings.